The van der Waals surface area contributed by atoms with E-state index in [2.05, 4.69) is 10.3 Å². The van der Waals surface area contributed by atoms with Gasteiger partial charge in [0, 0.05) is 36.5 Å². The van der Waals surface area contributed by atoms with E-state index >= 15 is 0 Å². The number of fused-ring (bicyclic) bond motifs is 1. The van der Waals surface area contributed by atoms with Crippen LogP contribution in [0.1, 0.15) is 19.3 Å². The first-order valence-corrected chi connectivity index (χ1v) is 7.13. The molecule has 1 aromatic heterocycles. The molecule has 6 heteroatoms. The zero-order valence-electron chi connectivity index (χ0n) is 11.6. The summed E-state index contributed by atoms with van der Waals surface area (Å²) in [5.74, 6) is 0. The zero-order valence-corrected chi connectivity index (χ0v) is 11.6. The van der Waals surface area contributed by atoms with Crippen LogP contribution in [-0.2, 0) is 4.74 Å². The number of non-ortho nitro benzene ring substituents is 1. The van der Waals surface area contributed by atoms with Crippen LogP contribution in [0.2, 0.25) is 0 Å². The maximum Gasteiger partial charge on any atom is 0.295 e. The smallest absolute Gasteiger partial charge is 0.295 e. The lowest BCUT2D eigenvalue weighted by Gasteiger charge is -2.23. The van der Waals surface area contributed by atoms with Crippen molar-refractivity contribution >= 4 is 22.3 Å². The topological polar surface area (TPSA) is 77.3 Å². The second kappa shape index (κ2) is 6.05. The lowest BCUT2D eigenvalue weighted by molar-refractivity contribution is -0.383. The number of hydrogen-bond donors (Lipinski definition) is 1. The van der Waals surface area contributed by atoms with Crippen LogP contribution >= 0.6 is 0 Å². The molecule has 1 aliphatic rings. The molecule has 0 bridgehead atoms. The summed E-state index contributed by atoms with van der Waals surface area (Å²) in [4.78, 5) is 14.8. The summed E-state index contributed by atoms with van der Waals surface area (Å²) in [5, 5.41) is 15.2. The number of nitrogens with one attached hydrogen (secondary N) is 1. The number of hydrogen-bond acceptors (Lipinski definition) is 5. The Balaban J connectivity index is 1.85. The number of anilines is 1. The van der Waals surface area contributed by atoms with Crippen molar-refractivity contribution in [2.45, 2.75) is 25.4 Å². The van der Waals surface area contributed by atoms with E-state index in [0.717, 1.165) is 30.5 Å². The SMILES string of the molecule is O=[N+]([O-])c1cccc2c(NCC3CCCCO3)ccnc12. The van der Waals surface area contributed by atoms with Crippen molar-refractivity contribution in [2.75, 3.05) is 18.5 Å². The molecule has 110 valence electrons. The number of ether oxygens (including phenoxy) is 1. The molecular formula is C15H17N3O3. The quantitative estimate of drug-likeness (QED) is 0.690. The van der Waals surface area contributed by atoms with Gasteiger partial charge in [0.1, 0.15) is 5.52 Å². The summed E-state index contributed by atoms with van der Waals surface area (Å²) in [6, 6.07) is 6.85. The van der Waals surface area contributed by atoms with Crippen molar-refractivity contribution in [2.24, 2.45) is 0 Å². The van der Waals surface area contributed by atoms with Gasteiger partial charge < -0.3 is 10.1 Å². The average molecular weight is 287 g/mol. The molecule has 1 fully saturated rings. The maximum atomic E-state index is 11.1. The first-order valence-electron chi connectivity index (χ1n) is 7.13. The van der Waals surface area contributed by atoms with Gasteiger partial charge in [-0.15, -0.1) is 0 Å². The second-order valence-electron chi connectivity index (χ2n) is 5.16. The van der Waals surface area contributed by atoms with Crippen molar-refractivity contribution in [1.82, 2.24) is 4.98 Å². The molecule has 6 nitrogen and oxygen atoms in total. The Morgan fingerprint density at radius 1 is 1.38 bits per heavy atom. The molecule has 2 aromatic rings. The van der Waals surface area contributed by atoms with Gasteiger partial charge in [-0.3, -0.25) is 10.1 Å². The number of nitro benzene ring substituents is 1. The Hall–Kier alpha value is -2.21. The van der Waals surface area contributed by atoms with Crippen LogP contribution in [0, 0.1) is 10.1 Å². The fourth-order valence-corrected chi connectivity index (χ4v) is 2.65. The van der Waals surface area contributed by atoms with Crippen LogP contribution in [-0.4, -0.2) is 29.2 Å². The predicted molar refractivity (Wildman–Crippen MR) is 80.5 cm³/mol. The summed E-state index contributed by atoms with van der Waals surface area (Å²) >= 11 is 0. The van der Waals surface area contributed by atoms with E-state index in [1.807, 2.05) is 12.1 Å². The van der Waals surface area contributed by atoms with Gasteiger partial charge in [-0.1, -0.05) is 12.1 Å². The largest absolute Gasteiger partial charge is 0.382 e. The van der Waals surface area contributed by atoms with Crippen LogP contribution in [0.15, 0.2) is 30.5 Å². The number of aromatic nitrogens is 1. The van der Waals surface area contributed by atoms with Gasteiger partial charge in [-0.05, 0) is 25.3 Å². The van der Waals surface area contributed by atoms with Crippen LogP contribution < -0.4 is 5.32 Å². The van der Waals surface area contributed by atoms with E-state index in [1.54, 1.807) is 12.3 Å². The van der Waals surface area contributed by atoms with Crippen molar-refractivity contribution in [3.8, 4) is 0 Å². The molecule has 0 aliphatic carbocycles. The number of pyridine rings is 1. The minimum atomic E-state index is -0.399. The Kier molecular flexibility index (Phi) is 3.96. The number of nitro groups is 1. The van der Waals surface area contributed by atoms with Gasteiger partial charge in [0.15, 0.2) is 0 Å². The molecule has 1 aliphatic heterocycles. The van der Waals surface area contributed by atoms with E-state index in [-0.39, 0.29) is 11.8 Å². The zero-order chi connectivity index (χ0) is 14.7. The number of rotatable bonds is 4. The monoisotopic (exact) mass is 287 g/mol. The number of nitrogens with zero attached hydrogens (tertiary/aromatic N) is 2. The molecule has 1 aromatic carbocycles. The molecule has 1 unspecified atom stereocenters. The lowest BCUT2D eigenvalue weighted by Crippen LogP contribution is -2.27. The van der Waals surface area contributed by atoms with Gasteiger partial charge >= 0.3 is 0 Å². The molecule has 1 atom stereocenters. The second-order valence-corrected chi connectivity index (χ2v) is 5.16. The van der Waals surface area contributed by atoms with Gasteiger partial charge in [0.05, 0.1) is 11.0 Å². The van der Waals surface area contributed by atoms with Crippen molar-refractivity contribution < 1.29 is 9.66 Å². The Morgan fingerprint density at radius 3 is 3.05 bits per heavy atom. The average Bonchev–Trinajstić information content (AvgIpc) is 2.53. The van der Waals surface area contributed by atoms with Crippen molar-refractivity contribution in [3.63, 3.8) is 0 Å². The van der Waals surface area contributed by atoms with Crippen LogP contribution in [0.25, 0.3) is 10.9 Å². The fraction of sp³-hybridized carbons (Fsp3) is 0.400. The molecule has 0 radical (unpaired) electrons. The Labute approximate surface area is 122 Å². The lowest BCUT2D eigenvalue weighted by atomic mass is 10.1. The van der Waals surface area contributed by atoms with Crippen molar-refractivity contribution in [1.29, 1.82) is 0 Å². The molecule has 21 heavy (non-hydrogen) atoms. The van der Waals surface area contributed by atoms with E-state index in [9.17, 15) is 10.1 Å². The van der Waals surface area contributed by atoms with E-state index in [4.69, 9.17) is 4.74 Å². The highest BCUT2D eigenvalue weighted by molar-refractivity contribution is 5.96. The third-order valence-corrected chi connectivity index (χ3v) is 3.74. The fourth-order valence-electron chi connectivity index (χ4n) is 2.65. The summed E-state index contributed by atoms with van der Waals surface area (Å²) in [6.45, 7) is 1.52. The van der Waals surface area contributed by atoms with Gasteiger partial charge in [-0.25, -0.2) is 4.98 Å². The molecule has 1 saturated heterocycles. The number of benzene rings is 1. The molecule has 0 amide bonds. The van der Waals surface area contributed by atoms with Crippen molar-refractivity contribution in [3.05, 3.63) is 40.6 Å². The maximum absolute atomic E-state index is 11.1. The first kappa shape index (κ1) is 13.8. The van der Waals surface area contributed by atoms with E-state index in [0.29, 0.717) is 12.1 Å². The van der Waals surface area contributed by atoms with Gasteiger partial charge in [0.25, 0.3) is 5.69 Å². The molecule has 3 rings (SSSR count). The summed E-state index contributed by atoms with van der Waals surface area (Å²) < 4.78 is 5.69. The van der Waals surface area contributed by atoms with E-state index < -0.39 is 4.92 Å². The number of para-hydroxylation sites is 1. The third-order valence-electron chi connectivity index (χ3n) is 3.74. The van der Waals surface area contributed by atoms with Gasteiger partial charge in [0.2, 0.25) is 0 Å². The Bertz CT molecular complexity index is 654. The van der Waals surface area contributed by atoms with Crippen LogP contribution in [0.4, 0.5) is 11.4 Å². The predicted octanol–water partition coefficient (Wildman–Crippen LogP) is 3.12. The highest BCUT2D eigenvalue weighted by Gasteiger charge is 2.16. The minimum absolute atomic E-state index is 0.0325. The normalized spacial score (nSPS) is 18.6. The van der Waals surface area contributed by atoms with E-state index in [1.165, 1.54) is 12.5 Å². The highest BCUT2D eigenvalue weighted by atomic mass is 16.6. The molecule has 0 spiro atoms. The summed E-state index contributed by atoms with van der Waals surface area (Å²) in [5.41, 5.74) is 1.31. The molecule has 0 saturated carbocycles. The summed E-state index contributed by atoms with van der Waals surface area (Å²) in [7, 11) is 0. The first-order chi connectivity index (χ1) is 10.3. The Morgan fingerprint density at radius 2 is 2.29 bits per heavy atom. The third kappa shape index (κ3) is 2.95. The molecular weight excluding hydrogens is 270 g/mol. The van der Waals surface area contributed by atoms with Crippen LogP contribution in [0.3, 0.4) is 0 Å². The molecule has 1 N–H and O–H groups in total. The minimum Gasteiger partial charge on any atom is -0.382 e. The van der Waals surface area contributed by atoms with Gasteiger partial charge in [-0.2, -0.15) is 0 Å². The summed E-state index contributed by atoms with van der Waals surface area (Å²) in [6.07, 6.45) is 5.17. The standard InChI is InChI=1S/C15H17N3O3/c19-18(20)14-6-3-5-12-13(7-8-16-15(12)14)17-10-11-4-1-2-9-21-11/h3,5-8,11H,1-2,4,9-10H2,(H,16,17). The van der Waals surface area contributed by atoms with Crippen LogP contribution in [0.5, 0.6) is 0 Å². The molecule has 2 heterocycles. The highest BCUT2D eigenvalue weighted by Crippen LogP contribution is 2.28.